The summed E-state index contributed by atoms with van der Waals surface area (Å²) in [7, 11) is 0. The van der Waals surface area contributed by atoms with E-state index >= 15 is 0 Å². The van der Waals surface area contributed by atoms with E-state index in [0.29, 0.717) is 24.3 Å². The highest BCUT2D eigenvalue weighted by Crippen LogP contribution is 2.36. The highest BCUT2D eigenvalue weighted by molar-refractivity contribution is 5.48. The molecule has 2 aromatic rings. The molecule has 4 heteroatoms. The van der Waals surface area contributed by atoms with Crippen molar-refractivity contribution in [3.05, 3.63) is 84.0 Å². The molecule has 136 valence electrons. The fourth-order valence-electron chi connectivity index (χ4n) is 3.03. The summed E-state index contributed by atoms with van der Waals surface area (Å²) in [6.07, 6.45) is 8.24. The predicted octanol–water partition coefficient (Wildman–Crippen LogP) is 5.19. The summed E-state index contributed by atoms with van der Waals surface area (Å²) in [4.78, 5) is 0. The van der Waals surface area contributed by atoms with Crippen LogP contribution in [0, 0.1) is 23.0 Å². The first-order chi connectivity index (χ1) is 13.0. The van der Waals surface area contributed by atoms with E-state index in [4.69, 9.17) is 20.0 Å². The van der Waals surface area contributed by atoms with Crippen LogP contribution in [-0.4, -0.2) is 0 Å². The first-order valence-corrected chi connectivity index (χ1v) is 8.58. The third-order valence-corrected chi connectivity index (χ3v) is 4.60. The Bertz CT molecular complexity index is 855. The number of benzene rings is 2. The lowest BCUT2D eigenvalue weighted by atomic mass is 9.77. The molecule has 0 heterocycles. The minimum atomic E-state index is -0.303. The maximum Gasteiger partial charge on any atom is 0.292 e. The summed E-state index contributed by atoms with van der Waals surface area (Å²) < 4.78 is 10.1. The molecule has 0 radical (unpaired) electrons. The van der Waals surface area contributed by atoms with E-state index in [9.17, 15) is 0 Å². The highest BCUT2D eigenvalue weighted by atomic mass is 16.5. The average Bonchev–Trinajstić information content (AvgIpc) is 2.65. The first kappa shape index (κ1) is 19.8. The lowest BCUT2D eigenvalue weighted by Crippen LogP contribution is -2.19. The van der Waals surface area contributed by atoms with E-state index in [2.05, 4.69) is 27.0 Å². The number of hydrogen-bond donors (Lipinski definition) is 0. The van der Waals surface area contributed by atoms with Crippen LogP contribution in [0.3, 0.4) is 0 Å². The van der Waals surface area contributed by atoms with Gasteiger partial charge in [0, 0.05) is 5.41 Å². The van der Waals surface area contributed by atoms with Crippen molar-refractivity contribution in [1.82, 2.24) is 0 Å². The van der Waals surface area contributed by atoms with Gasteiger partial charge in [-0.3, -0.25) is 0 Å². The Hall–Kier alpha value is -3.50. The Morgan fingerprint density at radius 3 is 1.59 bits per heavy atom. The van der Waals surface area contributed by atoms with Gasteiger partial charge < -0.3 is 9.47 Å². The van der Waals surface area contributed by atoms with Crippen molar-refractivity contribution >= 4 is 0 Å². The largest absolute Gasteiger partial charge is 0.388 e. The lowest BCUT2D eigenvalue weighted by molar-refractivity contribution is 0.499. The molecular weight excluding hydrogens is 336 g/mol. The van der Waals surface area contributed by atoms with Gasteiger partial charge in [-0.2, -0.15) is 0 Å². The molecule has 0 unspecified atom stereocenters. The number of nitriles is 2. The molecule has 2 rings (SSSR count). The second-order valence-corrected chi connectivity index (χ2v) is 6.64. The summed E-state index contributed by atoms with van der Waals surface area (Å²) in [6, 6.07) is 11.6. The Morgan fingerprint density at radius 1 is 0.852 bits per heavy atom. The number of rotatable bonds is 8. The van der Waals surface area contributed by atoms with E-state index in [1.807, 2.05) is 36.4 Å². The van der Waals surface area contributed by atoms with Crippen molar-refractivity contribution in [1.29, 1.82) is 10.5 Å². The molecule has 0 aliphatic carbocycles. The molecule has 27 heavy (non-hydrogen) atoms. The molecule has 0 aliphatic heterocycles. The van der Waals surface area contributed by atoms with Gasteiger partial charge in [0.2, 0.25) is 0 Å². The first-order valence-electron chi connectivity index (χ1n) is 8.58. The van der Waals surface area contributed by atoms with Crippen molar-refractivity contribution in [2.45, 2.75) is 32.1 Å². The molecule has 0 saturated carbocycles. The zero-order chi connectivity index (χ0) is 19.9. The standard InChI is InChI=1S/C23H22N2O2/c1-5-7-17-13-19(9-11-21(17)26-15-24)23(3,4)20-10-12-22(27-16-25)18(14-20)8-6-2/h5-6,9-14H,1-2,7-8H2,3-4H3. The van der Waals surface area contributed by atoms with Crippen LogP contribution in [0.4, 0.5) is 0 Å². The van der Waals surface area contributed by atoms with Crippen molar-refractivity contribution in [3.63, 3.8) is 0 Å². The zero-order valence-corrected chi connectivity index (χ0v) is 15.7. The van der Waals surface area contributed by atoms with Crippen molar-refractivity contribution in [3.8, 4) is 24.0 Å². The smallest absolute Gasteiger partial charge is 0.292 e. The van der Waals surface area contributed by atoms with Gasteiger partial charge >= 0.3 is 0 Å². The molecule has 0 aliphatic rings. The molecule has 0 fully saturated rings. The van der Waals surface area contributed by atoms with Crippen LogP contribution in [0.1, 0.15) is 36.1 Å². The van der Waals surface area contributed by atoms with Crippen LogP contribution in [0.5, 0.6) is 11.5 Å². The van der Waals surface area contributed by atoms with Crippen LogP contribution < -0.4 is 9.47 Å². The summed E-state index contributed by atoms with van der Waals surface area (Å²) in [5, 5.41) is 17.7. The van der Waals surface area contributed by atoms with Gasteiger partial charge in [0.15, 0.2) is 0 Å². The van der Waals surface area contributed by atoms with E-state index in [1.165, 1.54) is 0 Å². The Balaban J connectivity index is 2.51. The van der Waals surface area contributed by atoms with E-state index in [0.717, 1.165) is 22.3 Å². The molecule has 0 bridgehead atoms. The summed E-state index contributed by atoms with van der Waals surface area (Å²) in [6.45, 7) is 11.8. The minimum Gasteiger partial charge on any atom is -0.388 e. The van der Waals surface area contributed by atoms with E-state index in [1.54, 1.807) is 24.7 Å². The fourth-order valence-corrected chi connectivity index (χ4v) is 3.03. The quantitative estimate of drug-likeness (QED) is 0.481. The molecule has 0 saturated heterocycles. The second-order valence-electron chi connectivity index (χ2n) is 6.64. The predicted molar refractivity (Wildman–Crippen MR) is 105 cm³/mol. The van der Waals surface area contributed by atoms with Gasteiger partial charge in [0.1, 0.15) is 11.5 Å². The Kier molecular flexibility index (Phi) is 6.41. The van der Waals surface area contributed by atoms with E-state index < -0.39 is 0 Å². The number of allylic oxidation sites excluding steroid dienone is 2. The van der Waals surface area contributed by atoms with Crippen LogP contribution in [0.15, 0.2) is 61.7 Å². The molecule has 0 aromatic heterocycles. The second kappa shape index (κ2) is 8.74. The molecule has 4 nitrogen and oxygen atoms in total. The molecule has 0 N–H and O–H groups in total. The third kappa shape index (κ3) is 4.37. The van der Waals surface area contributed by atoms with E-state index in [-0.39, 0.29) is 5.41 Å². The molecule has 0 atom stereocenters. The topological polar surface area (TPSA) is 66.0 Å². The maximum absolute atomic E-state index is 8.83. The Labute approximate surface area is 160 Å². The lowest BCUT2D eigenvalue weighted by Gasteiger charge is -2.28. The molecular formula is C23H22N2O2. The third-order valence-electron chi connectivity index (χ3n) is 4.60. The van der Waals surface area contributed by atoms with Gasteiger partial charge in [-0.05, 0) is 47.2 Å². The van der Waals surface area contributed by atoms with Crippen molar-refractivity contribution in [2.24, 2.45) is 0 Å². The number of hydrogen-bond acceptors (Lipinski definition) is 4. The van der Waals surface area contributed by atoms with Crippen LogP contribution in [0.2, 0.25) is 0 Å². The highest BCUT2D eigenvalue weighted by Gasteiger charge is 2.25. The SMILES string of the molecule is C=CCc1cc(C(C)(C)c2ccc(OC#N)c(CC=C)c2)ccc1OC#N. The summed E-state index contributed by atoms with van der Waals surface area (Å²) >= 11 is 0. The van der Waals surface area contributed by atoms with Gasteiger partial charge in [-0.15, -0.1) is 23.7 Å². The Morgan fingerprint density at radius 2 is 1.26 bits per heavy atom. The van der Waals surface area contributed by atoms with Gasteiger partial charge in [0.05, 0.1) is 0 Å². The average molecular weight is 358 g/mol. The molecule has 0 amide bonds. The van der Waals surface area contributed by atoms with Crippen molar-refractivity contribution in [2.75, 3.05) is 0 Å². The van der Waals surface area contributed by atoms with Crippen LogP contribution in [0.25, 0.3) is 0 Å². The van der Waals surface area contributed by atoms with Crippen LogP contribution in [-0.2, 0) is 18.3 Å². The zero-order valence-electron chi connectivity index (χ0n) is 15.7. The van der Waals surface area contributed by atoms with Crippen molar-refractivity contribution < 1.29 is 9.47 Å². The molecule has 2 aromatic carbocycles. The summed E-state index contributed by atoms with van der Waals surface area (Å²) in [5.74, 6) is 1.09. The number of nitrogens with zero attached hydrogens (tertiary/aromatic N) is 2. The molecule has 0 spiro atoms. The summed E-state index contributed by atoms with van der Waals surface area (Å²) in [5.41, 5.74) is 3.69. The van der Waals surface area contributed by atoms with Gasteiger partial charge in [-0.25, -0.2) is 0 Å². The van der Waals surface area contributed by atoms with Gasteiger partial charge in [-0.1, -0.05) is 50.3 Å². The van der Waals surface area contributed by atoms with Gasteiger partial charge in [0.25, 0.3) is 12.5 Å². The number of ether oxygens (including phenoxy) is 2. The minimum absolute atomic E-state index is 0.303. The fraction of sp³-hybridized carbons (Fsp3) is 0.217. The normalized spacial score (nSPS) is 10.4. The van der Waals surface area contributed by atoms with Crippen LogP contribution >= 0.6 is 0 Å². The monoisotopic (exact) mass is 358 g/mol. The maximum atomic E-state index is 8.83.